The van der Waals surface area contributed by atoms with E-state index in [4.69, 9.17) is 0 Å². The van der Waals surface area contributed by atoms with Crippen LogP contribution in [0.1, 0.15) is 5.56 Å². The molecule has 0 aliphatic rings. The molecule has 1 aromatic heterocycles. The lowest BCUT2D eigenvalue weighted by molar-refractivity contribution is 1.29. The van der Waals surface area contributed by atoms with Gasteiger partial charge in [-0.25, -0.2) is 4.98 Å². The Bertz CT molecular complexity index is 463. The van der Waals surface area contributed by atoms with Crippen LogP contribution in [0.2, 0.25) is 0 Å². The first-order valence-electron chi connectivity index (χ1n) is 5.26. The number of benzene rings is 1. The molecule has 1 aromatic carbocycles. The van der Waals surface area contributed by atoms with Crippen molar-refractivity contribution in [3.63, 3.8) is 0 Å². The van der Waals surface area contributed by atoms with Crippen molar-refractivity contribution in [2.24, 2.45) is 0 Å². The lowest BCUT2D eigenvalue weighted by Crippen LogP contribution is -1.98. The first-order valence-corrected chi connectivity index (χ1v) is 5.26. The molecule has 82 valence electrons. The zero-order chi connectivity index (χ0) is 11.4. The molecule has 0 saturated heterocycles. The Morgan fingerprint density at radius 2 is 1.81 bits per heavy atom. The van der Waals surface area contributed by atoms with Crippen LogP contribution in [0.25, 0.3) is 0 Å². The number of hydrogen-bond acceptors (Lipinski definition) is 3. The van der Waals surface area contributed by atoms with Gasteiger partial charge in [-0.2, -0.15) is 0 Å². The highest BCUT2D eigenvalue weighted by atomic mass is 15.0. The predicted molar refractivity (Wildman–Crippen MR) is 68.2 cm³/mol. The molecule has 0 aliphatic heterocycles. The summed E-state index contributed by atoms with van der Waals surface area (Å²) in [6.45, 7) is 2.07. The van der Waals surface area contributed by atoms with E-state index >= 15 is 0 Å². The summed E-state index contributed by atoms with van der Waals surface area (Å²) < 4.78 is 0. The van der Waals surface area contributed by atoms with E-state index < -0.39 is 0 Å². The minimum atomic E-state index is 0.842. The van der Waals surface area contributed by atoms with Gasteiger partial charge in [0.1, 0.15) is 0 Å². The van der Waals surface area contributed by atoms with Crippen molar-refractivity contribution in [1.82, 2.24) is 4.98 Å². The van der Waals surface area contributed by atoms with Gasteiger partial charge >= 0.3 is 0 Å². The molecule has 3 nitrogen and oxygen atoms in total. The van der Waals surface area contributed by atoms with Gasteiger partial charge in [-0.05, 0) is 31.2 Å². The maximum Gasteiger partial charge on any atom is 0.153 e. The third-order valence-electron chi connectivity index (χ3n) is 2.39. The van der Waals surface area contributed by atoms with Crippen LogP contribution in [0.15, 0.2) is 42.6 Å². The van der Waals surface area contributed by atoms with Crippen LogP contribution in [-0.2, 0) is 0 Å². The van der Waals surface area contributed by atoms with Crippen LogP contribution < -0.4 is 10.6 Å². The average Bonchev–Trinajstić information content (AvgIpc) is 2.33. The summed E-state index contributed by atoms with van der Waals surface area (Å²) in [6, 6.07) is 12.1. The molecule has 16 heavy (non-hydrogen) atoms. The van der Waals surface area contributed by atoms with Gasteiger partial charge in [0.2, 0.25) is 0 Å². The van der Waals surface area contributed by atoms with Gasteiger partial charge in [0.05, 0.1) is 5.69 Å². The summed E-state index contributed by atoms with van der Waals surface area (Å²) in [6.07, 6.45) is 1.78. The molecule has 0 radical (unpaired) electrons. The van der Waals surface area contributed by atoms with E-state index in [0.717, 1.165) is 17.2 Å². The van der Waals surface area contributed by atoms with Gasteiger partial charge < -0.3 is 10.6 Å². The quantitative estimate of drug-likeness (QED) is 0.822. The molecular weight excluding hydrogens is 198 g/mol. The van der Waals surface area contributed by atoms with Crippen LogP contribution in [-0.4, -0.2) is 12.0 Å². The highest BCUT2D eigenvalue weighted by molar-refractivity contribution is 5.70. The van der Waals surface area contributed by atoms with E-state index in [1.165, 1.54) is 5.56 Å². The highest BCUT2D eigenvalue weighted by Crippen LogP contribution is 2.22. The summed E-state index contributed by atoms with van der Waals surface area (Å²) in [5.41, 5.74) is 3.28. The van der Waals surface area contributed by atoms with Crippen molar-refractivity contribution < 1.29 is 0 Å². The van der Waals surface area contributed by atoms with E-state index in [1.54, 1.807) is 6.20 Å². The summed E-state index contributed by atoms with van der Waals surface area (Å²) in [5.74, 6) is 0.842. The van der Waals surface area contributed by atoms with Gasteiger partial charge in [0.15, 0.2) is 5.82 Å². The molecule has 0 spiro atoms. The second kappa shape index (κ2) is 4.66. The van der Waals surface area contributed by atoms with Gasteiger partial charge in [-0.15, -0.1) is 0 Å². The van der Waals surface area contributed by atoms with Crippen LogP contribution >= 0.6 is 0 Å². The third-order valence-corrected chi connectivity index (χ3v) is 2.39. The van der Waals surface area contributed by atoms with E-state index in [-0.39, 0.29) is 0 Å². The molecule has 3 heteroatoms. The van der Waals surface area contributed by atoms with Crippen molar-refractivity contribution in [2.45, 2.75) is 6.92 Å². The number of rotatable bonds is 3. The molecule has 0 saturated carbocycles. The maximum atomic E-state index is 4.29. The van der Waals surface area contributed by atoms with Crippen molar-refractivity contribution >= 4 is 17.2 Å². The number of aryl methyl sites for hydroxylation is 1. The third kappa shape index (κ3) is 2.31. The highest BCUT2D eigenvalue weighted by Gasteiger charge is 2.00. The minimum absolute atomic E-state index is 0.842. The van der Waals surface area contributed by atoms with Crippen molar-refractivity contribution in [1.29, 1.82) is 0 Å². The van der Waals surface area contributed by atoms with Crippen molar-refractivity contribution in [3.8, 4) is 0 Å². The lowest BCUT2D eigenvalue weighted by atomic mass is 10.2. The van der Waals surface area contributed by atoms with E-state index in [1.807, 2.05) is 31.3 Å². The molecule has 0 atom stereocenters. The molecule has 0 fully saturated rings. The maximum absolute atomic E-state index is 4.29. The first kappa shape index (κ1) is 10.5. The normalized spacial score (nSPS) is 9.88. The molecule has 2 rings (SSSR count). The Morgan fingerprint density at radius 1 is 1.06 bits per heavy atom. The van der Waals surface area contributed by atoms with Crippen LogP contribution in [0.3, 0.4) is 0 Å². The van der Waals surface area contributed by atoms with Crippen LogP contribution in [0.4, 0.5) is 17.2 Å². The van der Waals surface area contributed by atoms with E-state index in [0.29, 0.717) is 0 Å². The number of hydrogen-bond donors (Lipinski definition) is 2. The number of anilines is 3. The topological polar surface area (TPSA) is 37.0 Å². The van der Waals surface area contributed by atoms with Gasteiger partial charge in [0, 0.05) is 18.9 Å². The van der Waals surface area contributed by atoms with E-state index in [2.05, 4.69) is 34.7 Å². The number of nitrogens with one attached hydrogen (secondary N) is 2. The minimum Gasteiger partial charge on any atom is -0.385 e. The molecule has 0 amide bonds. The van der Waals surface area contributed by atoms with Gasteiger partial charge in [-0.1, -0.05) is 17.7 Å². The molecule has 0 bridgehead atoms. The average molecular weight is 213 g/mol. The standard InChI is InChI=1S/C13H15N3/c1-10-5-7-11(8-6-10)16-13-12(14-2)4-3-9-15-13/h3-9,14H,1-2H3,(H,15,16). The monoisotopic (exact) mass is 213 g/mol. The Hall–Kier alpha value is -2.03. The number of nitrogens with zero attached hydrogens (tertiary/aromatic N) is 1. The summed E-state index contributed by atoms with van der Waals surface area (Å²) >= 11 is 0. The zero-order valence-corrected chi connectivity index (χ0v) is 9.49. The van der Waals surface area contributed by atoms with E-state index in [9.17, 15) is 0 Å². The van der Waals surface area contributed by atoms with Crippen molar-refractivity contribution in [3.05, 3.63) is 48.2 Å². The smallest absolute Gasteiger partial charge is 0.153 e. The molecular formula is C13H15N3. The second-order valence-electron chi connectivity index (χ2n) is 3.64. The molecule has 0 aliphatic carbocycles. The summed E-state index contributed by atoms with van der Waals surface area (Å²) in [7, 11) is 1.89. The molecule has 2 aromatic rings. The fourth-order valence-electron chi connectivity index (χ4n) is 1.48. The molecule has 1 heterocycles. The Labute approximate surface area is 95.5 Å². The number of pyridine rings is 1. The van der Waals surface area contributed by atoms with Crippen LogP contribution in [0.5, 0.6) is 0 Å². The first-order chi connectivity index (χ1) is 7.79. The summed E-state index contributed by atoms with van der Waals surface area (Å²) in [4.78, 5) is 4.29. The molecule has 2 N–H and O–H groups in total. The Morgan fingerprint density at radius 3 is 2.50 bits per heavy atom. The predicted octanol–water partition coefficient (Wildman–Crippen LogP) is 3.18. The SMILES string of the molecule is CNc1cccnc1Nc1ccc(C)cc1. The second-order valence-corrected chi connectivity index (χ2v) is 3.64. The number of aromatic nitrogens is 1. The van der Waals surface area contributed by atoms with Crippen LogP contribution in [0, 0.1) is 6.92 Å². The largest absolute Gasteiger partial charge is 0.385 e. The Kier molecular flexibility index (Phi) is 3.05. The Balaban J connectivity index is 2.23. The summed E-state index contributed by atoms with van der Waals surface area (Å²) in [5, 5.41) is 6.38. The lowest BCUT2D eigenvalue weighted by Gasteiger charge is -2.10. The van der Waals surface area contributed by atoms with Gasteiger partial charge in [-0.3, -0.25) is 0 Å². The molecule has 0 unspecified atom stereocenters. The van der Waals surface area contributed by atoms with Gasteiger partial charge in [0.25, 0.3) is 0 Å². The zero-order valence-electron chi connectivity index (χ0n) is 9.49. The fraction of sp³-hybridized carbons (Fsp3) is 0.154. The fourth-order valence-corrected chi connectivity index (χ4v) is 1.48. The van der Waals surface area contributed by atoms with Crippen molar-refractivity contribution in [2.75, 3.05) is 17.7 Å².